The van der Waals surface area contributed by atoms with Crippen molar-refractivity contribution in [2.75, 3.05) is 42.7 Å². The fourth-order valence-corrected chi connectivity index (χ4v) is 4.71. The van der Waals surface area contributed by atoms with E-state index in [1.165, 1.54) is 16.7 Å². The summed E-state index contributed by atoms with van der Waals surface area (Å²) in [5.41, 5.74) is 4.77. The van der Waals surface area contributed by atoms with E-state index in [1.807, 2.05) is 24.3 Å². The van der Waals surface area contributed by atoms with Gasteiger partial charge < -0.3 is 28.4 Å². The highest BCUT2D eigenvalue weighted by atomic mass is 19.4. The number of carbonyl (C=O) groups is 1. The van der Waals surface area contributed by atoms with Crippen molar-refractivity contribution < 1.29 is 46.4 Å². The van der Waals surface area contributed by atoms with E-state index in [-0.39, 0.29) is 11.8 Å². The van der Waals surface area contributed by atoms with E-state index in [0.29, 0.717) is 7.11 Å². The molecule has 0 aliphatic heterocycles. The first kappa shape index (κ1) is 29.5. The Bertz CT molecular complexity index is 1250. The first-order valence-electron chi connectivity index (χ1n) is 11.9. The first-order valence-corrected chi connectivity index (χ1v) is 11.9. The van der Waals surface area contributed by atoms with Crippen molar-refractivity contribution >= 4 is 5.97 Å². The molecule has 0 fully saturated rings. The number of hydrogen-bond donors (Lipinski definition) is 0. The van der Waals surface area contributed by atoms with Gasteiger partial charge in [0.2, 0.25) is 0 Å². The maximum Gasteiger partial charge on any atom is 0.490 e. The topological polar surface area (TPSA) is 72.5 Å². The van der Waals surface area contributed by atoms with Gasteiger partial charge in [-0.15, -0.1) is 0 Å². The Morgan fingerprint density at radius 1 is 0.692 bits per heavy atom. The van der Waals surface area contributed by atoms with Crippen LogP contribution >= 0.6 is 0 Å². The molecule has 0 bridgehead atoms. The van der Waals surface area contributed by atoms with Crippen LogP contribution in [-0.2, 0) is 16.0 Å². The van der Waals surface area contributed by atoms with Crippen LogP contribution in [0.4, 0.5) is 13.2 Å². The monoisotopic (exact) mass is 548 g/mol. The number of ether oxygens (including phenoxy) is 6. The van der Waals surface area contributed by atoms with Crippen LogP contribution in [0.25, 0.3) is 0 Å². The smallest absolute Gasteiger partial charge is 0.490 e. The zero-order valence-corrected chi connectivity index (χ0v) is 22.5. The Balaban J connectivity index is 0.000000459. The molecule has 7 nitrogen and oxygen atoms in total. The number of rotatable bonds is 7. The summed E-state index contributed by atoms with van der Waals surface area (Å²) in [6.07, 6.45) is -3.98. The second kappa shape index (κ2) is 12.6. The van der Waals surface area contributed by atoms with Crippen molar-refractivity contribution in [3.05, 3.63) is 76.9 Å². The van der Waals surface area contributed by atoms with Crippen LogP contribution in [0.5, 0.6) is 28.7 Å². The highest BCUT2D eigenvalue weighted by Gasteiger charge is 2.40. The van der Waals surface area contributed by atoms with E-state index in [0.717, 1.165) is 40.7 Å². The molecule has 0 N–H and O–H groups in total. The van der Waals surface area contributed by atoms with Crippen molar-refractivity contribution in [3.8, 4) is 28.7 Å². The largest absolute Gasteiger partial charge is 0.497 e. The molecule has 0 radical (unpaired) electrons. The molecule has 4 rings (SSSR count). The molecule has 39 heavy (non-hydrogen) atoms. The Labute approximate surface area is 225 Å². The number of carbonyl (C=O) groups excluding carboxylic acids is 1. The predicted octanol–water partition coefficient (Wildman–Crippen LogP) is 5.92. The molecule has 0 saturated heterocycles. The normalized spacial score (nSPS) is 15.8. The number of esters is 1. The van der Waals surface area contributed by atoms with Crippen molar-refractivity contribution in [2.45, 2.75) is 24.4 Å². The molecule has 0 amide bonds. The zero-order valence-electron chi connectivity index (χ0n) is 22.5. The van der Waals surface area contributed by atoms with E-state index in [9.17, 15) is 18.0 Å². The summed E-state index contributed by atoms with van der Waals surface area (Å²) in [5.74, 6) is 2.14. The van der Waals surface area contributed by atoms with Crippen molar-refractivity contribution in [1.82, 2.24) is 0 Å². The summed E-state index contributed by atoms with van der Waals surface area (Å²) in [6.45, 7) is 0. The van der Waals surface area contributed by atoms with E-state index >= 15 is 0 Å². The molecular formula is C29H31F3O7. The van der Waals surface area contributed by atoms with Gasteiger partial charge in [0.25, 0.3) is 0 Å². The summed E-state index contributed by atoms with van der Waals surface area (Å²) >= 11 is 0. The van der Waals surface area contributed by atoms with Gasteiger partial charge in [0, 0.05) is 23.6 Å². The fourth-order valence-electron chi connectivity index (χ4n) is 4.71. The van der Waals surface area contributed by atoms with Gasteiger partial charge in [-0.2, -0.15) is 13.2 Å². The molecule has 1 aliphatic rings. The Kier molecular flexibility index (Phi) is 9.56. The summed E-state index contributed by atoms with van der Waals surface area (Å²) in [6, 6.07) is 18.5. The van der Waals surface area contributed by atoms with Gasteiger partial charge in [-0.05, 0) is 59.4 Å². The van der Waals surface area contributed by atoms with Gasteiger partial charge in [0.05, 0.1) is 42.7 Å². The number of methoxy groups -OCH3 is 6. The zero-order chi connectivity index (χ0) is 28.7. The lowest BCUT2D eigenvalue weighted by Gasteiger charge is -2.24. The van der Waals surface area contributed by atoms with Gasteiger partial charge in [-0.3, -0.25) is 0 Å². The van der Waals surface area contributed by atoms with Gasteiger partial charge >= 0.3 is 12.1 Å². The van der Waals surface area contributed by atoms with Gasteiger partial charge in [0.15, 0.2) is 0 Å². The highest BCUT2D eigenvalue weighted by Crippen LogP contribution is 2.53. The van der Waals surface area contributed by atoms with E-state index in [4.69, 9.17) is 23.7 Å². The molecule has 2 atom stereocenters. The van der Waals surface area contributed by atoms with Crippen molar-refractivity contribution in [3.63, 3.8) is 0 Å². The molecule has 0 aromatic heterocycles. The van der Waals surface area contributed by atoms with Gasteiger partial charge in [0.1, 0.15) is 28.7 Å². The van der Waals surface area contributed by atoms with E-state index in [2.05, 4.69) is 35.1 Å². The lowest BCUT2D eigenvalue weighted by atomic mass is 9.81. The van der Waals surface area contributed by atoms with Crippen molar-refractivity contribution in [2.24, 2.45) is 0 Å². The maximum atomic E-state index is 11.0. The summed E-state index contributed by atoms with van der Waals surface area (Å²) in [5, 5.41) is 0. The van der Waals surface area contributed by atoms with E-state index < -0.39 is 12.1 Å². The van der Waals surface area contributed by atoms with Crippen LogP contribution in [0.1, 0.15) is 34.1 Å². The Morgan fingerprint density at radius 3 is 1.67 bits per heavy atom. The highest BCUT2D eigenvalue weighted by molar-refractivity contribution is 5.75. The van der Waals surface area contributed by atoms with Crippen molar-refractivity contribution in [1.29, 1.82) is 0 Å². The third-order valence-corrected chi connectivity index (χ3v) is 6.50. The SMILES string of the molecule is COC(=O)C(F)(F)F.COc1ccc([C@H]2Cc3cc(OC)cc(OC)c3[C@@H]2c2cc(OC)cc(OC)c2)cc1. The Morgan fingerprint density at radius 2 is 1.23 bits per heavy atom. The molecule has 3 aromatic carbocycles. The minimum Gasteiger partial charge on any atom is -0.497 e. The van der Waals surface area contributed by atoms with Crippen LogP contribution in [0.15, 0.2) is 54.6 Å². The van der Waals surface area contributed by atoms with Crippen LogP contribution in [0, 0.1) is 0 Å². The third-order valence-electron chi connectivity index (χ3n) is 6.50. The average Bonchev–Trinajstić information content (AvgIpc) is 3.35. The average molecular weight is 549 g/mol. The molecule has 210 valence electrons. The van der Waals surface area contributed by atoms with Crippen LogP contribution in [0.3, 0.4) is 0 Å². The third kappa shape index (κ3) is 6.68. The fraction of sp³-hybridized carbons (Fsp3) is 0.345. The molecule has 0 heterocycles. The standard InChI is InChI=1S/C26H28O5.C3H3F3O2/c1-27-19-8-6-16(7-9-19)23-13-18-12-22(30-4)15-24(31-5)26(18)25(23)17-10-20(28-2)14-21(11-17)29-3;1-8-2(7)3(4,5)6/h6-12,14-15,23,25H,13H2,1-5H3;1H3/t23-,25-;/m1./s1. The lowest BCUT2D eigenvalue weighted by Crippen LogP contribution is -2.23. The Hall–Kier alpha value is -4.08. The van der Waals surface area contributed by atoms with Crippen LogP contribution < -0.4 is 23.7 Å². The molecule has 1 aliphatic carbocycles. The summed E-state index contributed by atoms with van der Waals surface area (Å²) < 4.78 is 64.1. The quantitative estimate of drug-likeness (QED) is 0.339. The molecule has 10 heteroatoms. The second-order valence-corrected chi connectivity index (χ2v) is 8.60. The number of halogens is 3. The summed E-state index contributed by atoms with van der Waals surface area (Å²) in [4.78, 5) is 9.49. The lowest BCUT2D eigenvalue weighted by molar-refractivity contribution is -0.196. The minimum atomic E-state index is -4.85. The molecular weight excluding hydrogens is 517 g/mol. The van der Waals surface area contributed by atoms with Crippen LogP contribution in [0.2, 0.25) is 0 Å². The van der Waals surface area contributed by atoms with E-state index in [1.54, 1.807) is 35.5 Å². The van der Waals surface area contributed by atoms with Gasteiger partial charge in [-0.1, -0.05) is 12.1 Å². The molecule has 0 saturated carbocycles. The molecule has 0 spiro atoms. The number of hydrogen-bond acceptors (Lipinski definition) is 7. The predicted molar refractivity (Wildman–Crippen MR) is 138 cm³/mol. The molecule has 0 unspecified atom stereocenters. The molecule has 3 aromatic rings. The summed E-state index contributed by atoms with van der Waals surface area (Å²) in [7, 11) is 9.10. The first-order chi connectivity index (χ1) is 18.6. The number of fused-ring (bicyclic) bond motifs is 1. The minimum absolute atomic E-state index is 0.0771. The number of benzene rings is 3. The number of alkyl halides is 3. The van der Waals surface area contributed by atoms with Crippen LogP contribution in [-0.4, -0.2) is 54.8 Å². The maximum absolute atomic E-state index is 11.0. The second-order valence-electron chi connectivity index (χ2n) is 8.60. The van der Waals surface area contributed by atoms with Gasteiger partial charge in [-0.25, -0.2) is 4.79 Å².